The van der Waals surface area contributed by atoms with E-state index in [1.54, 1.807) is 0 Å². The molecule has 0 atom stereocenters. The first kappa shape index (κ1) is 16.7. The number of carbonyl (C=O) groups is 1. The van der Waals surface area contributed by atoms with Gasteiger partial charge in [0.15, 0.2) is 0 Å². The summed E-state index contributed by atoms with van der Waals surface area (Å²) in [5.41, 5.74) is 0.945. The van der Waals surface area contributed by atoms with Crippen LogP contribution in [-0.4, -0.2) is 5.97 Å². The van der Waals surface area contributed by atoms with Crippen molar-refractivity contribution in [2.24, 2.45) is 0 Å². The van der Waals surface area contributed by atoms with Gasteiger partial charge < -0.3 is 9.90 Å². The van der Waals surface area contributed by atoms with E-state index in [4.69, 9.17) is 33.1 Å². The zero-order valence-electron chi connectivity index (χ0n) is 8.04. The molecule has 0 aromatic heterocycles. The minimum atomic E-state index is -1.08. The van der Waals surface area contributed by atoms with Crippen LogP contribution in [0.2, 0.25) is 0 Å². The Hall–Kier alpha value is 0.270. The zero-order chi connectivity index (χ0) is 10.3. The number of alkyl halides is 2. The van der Waals surface area contributed by atoms with Gasteiger partial charge in [0.05, 0.1) is 0 Å². The molecule has 14 heavy (non-hydrogen) atoms. The number of rotatable bonds is 1. The molecule has 0 amide bonds. The van der Waals surface area contributed by atoms with Crippen molar-refractivity contribution in [3.63, 3.8) is 0 Å². The van der Waals surface area contributed by atoms with Crippen molar-refractivity contribution in [1.82, 2.24) is 0 Å². The molecule has 1 aromatic carbocycles. The predicted molar refractivity (Wildman–Crippen MR) is 51.6 cm³/mol. The number of carboxylic acid groups (broad SMARTS) is 1. The van der Waals surface area contributed by atoms with Gasteiger partial charge in [0, 0.05) is 5.97 Å². The maximum absolute atomic E-state index is 8.89. The average Bonchev–Trinajstić information content (AvgIpc) is 2.05. The van der Waals surface area contributed by atoms with Crippen LogP contribution in [0.15, 0.2) is 30.3 Å². The minimum absolute atomic E-state index is 0. The Balaban J connectivity index is 0. The predicted octanol–water partition coefficient (Wildman–Crippen LogP) is -1.08. The Labute approximate surface area is 116 Å². The van der Waals surface area contributed by atoms with Crippen LogP contribution in [0.5, 0.6) is 0 Å². The number of hydrogen-bond acceptors (Lipinski definition) is 2. The van der Waals surface area contributed by atoms with E-state index in [9.17, 15) is 0 Å². The van der Waals surface area contributed by atoms with Gasteiger partial charge in [-0.2, -0.15) is 0 Å². The molecular formula is C9H9Cl2NaO2. The van der Waals surface area contributed by atoms with Gasteiger partial charge in [0.1, 0.15) is 4.84 Å². The van der Waals surface area contributed by atoms with Crippen LogP contribution in [0, 0.1) is 0 Å². The molecular weight excluding hydrogens is 234 g/mol. The number of benzene rings is 1. The topological polar surface area (TPSA) is 40.1 Å². The van der Waals surface area contributed by atoms with E-state index in [0.29, 0.717) is 0 Å². The van der Waals surface area contributed by atoms with Crippen LogP contribution in [0.3, 0.4) is 0 Å². The van der Waals surface area contributed by atoms with Crippen LogP contribution in [0.1, 0.15) is 17.3 Å². The molecule has 0 N–H and O–H groups in total. The van der Waals surface area contributed by atoms with E-state index in [-0.39, 0.29) is 29.6 Å². The van der Waals surface area contributed by atoms with E-state index >= 15 is 0 Å². The zero-order valence-corrected chi connectivity index (χ0v) is 11.5. The monoisotopic (exact) mass is 242 g/mol. The number of halogens is 2. The first-order valence-corrected chi connectivity index (χ1v) is 4.42. The second-order valence-corrected chi connectivity index (χ2v) is 3.30. The molecule has 5 heteroatoms. The molecule has 0 aliphatic carbocycles. The summed E-state index contributed by atoms with van der Waals surface area (Å²) < 4.78 is 0. The Morgan fingerprint density at radius 1 is 1.29 bits per heavy atom. The minimum Gasteiger partial charge on any atom is -0.550 e. The Morgan fingerprint density at radius 2 is 1.64 bits per heavy atom. The fraction of sp³-hybridized carbons (Fsp3) is 0.222. The van der Waals surface area contributed by atoms with Gasteiger partial charge in [0.2, 0.25) is 0 Å². The number of carbonyl (C=O) groups excluding carboxylic acids is 1. The summed E-state index contributed by atoms with van der Waals surface area (Å²) in [5.74, 6) is -1.08. The molecule has 0 heterocycles. The van der Waals surface area contributed by atoms with Gasteiger partial charge in [-0.3, -0.25) is 0 Å². The number of carboxylic acids is 1. The van der Waals surface area contributed by atoms with Gasteiger partial charge >= 0.3 is 29.6 Å². The normalized spacial score (nSPS) is 8.29. The molecule has 72 valence electrons. The maximum atomic E-state index is 8.89. The quantitative estimate of drug-likeness (QED) is 0.465. The van der Waals surface area contributed by atoms with Crippen molar-refractivity contribution in [3.05, 3.63) is 35.9 Å². The van der Waals surface area contributed by atoms with Gasteiger partial charge in [-0.05, 0) is 12.5 Å². The van der Waals surface area contributed by atoms with Crippen LogP contribution in [-0.2, 0) is 4.79 Å². The Kier molecular flexibility index (Phi) is 11.7. The van der Waals surface area contributed by atoms with Crippen molar-refractivity contribution in [3.8, 4) is 0 Å². The fourth-order valence-electron chi connectivity index (χ4n) is 0.599. The van der Waals surface area contributed by atoms with Crippen molar-refractivity contribution in [1.29, 1.82) is 0 Å². The Morgan fingerprint density at radius 3 is 1.86 bits per heavy atom. The molecule has 0 fully saturated rings. The van der Waals surface area contributed by atoms with E-state index in [0.717, 1.165) is 12.5 Å². The summed E-state index contributed by atoms with van der Waals surface area (Å²) in [6.45, 7) is 0.972. The summed E-state index contributed by atoms with van der Waals surface area (Å²) >= 11 is 11.1. The summed E-state index contributed by atoms with van der Waals surface area (Å²) in [7, 11) is 0. The smallest absolute Gasteiger partial charge is 0.550 e. The van der Waals surface area contributed by atoms with Crippen molar-refractivity contribution in [2.45, 2.75) is 11.8 Å². The molecule has 0 bridgehead atoms. The second kappa shape index (κ2) is 9.81. The first-order valence-electron chi connectivity index (χ1n) is 3.54. The molecule has 0 saturated carbocycles. The van der Waals surface area contributed by atoms with Crippen LogP contribution in [0.25, 0.3) is 0 Å². The van der Waals surface area contributed by atoms with Crippen LogP contribution in [0.4, 0.5) is 0 Å². The largest absolute Gasteiger partial charge is 1.00 e. The molecule has 0 aliphatic heterocycles. The molecule has 0 aliphatic rings. The molecule has 0 radical (unpaired) electrons. The maximum Gasteiger partial charge on any atom is 1.00 e. The van der Waals surface area contributed by atoms with E-state index in [1.807, 2.05) is 30.3 Å². The summed E-state index contributed by atoms with van der Waals surface area (Å²) in [5, 5.41) is 8.89. The number of hydrogen-bond donors (Lipinski definition) is 0. The van der Waals surface area contributed by atoms with E-state index in [1.165, 1.54) is 0 Å². The van der Waals surface area contributed by atoms with Crippen molar-refractivity contribution >= 4 is 29.2 Å². The fourth-order valence-corrected chi connectivity index (χ4v) is 0.889. The molecule has 1 aromatic rings. The third-order valence-electron chi connectivity index (χ3n) is 1.05. The van der Waals surface area contributed by atoms with Crippen molar-refractivity contribution < 1.29 is 39.5 Å². The third-order valence-corrected chi connectivity index (χ3v) is 1.56. The molecule has 1 rings (SSSR count). The van der Waals surface area contributed by atoms with Gasteiger partial charge in [-0.15, -0.1) is 23.2 Å². The molecule has 0 spiro atoms. The average molecular weight is 243 g/mol. The summed E-state index contributed by atoms with van der Waals surface area (Å²) in [4.78, 5) is 8.49. The van der Waals surface area contributed by atoms with Gasteiger partial charge in [-0.25, -0.2) is 0 Å². The molecule has 2 nitrogen and oxygen atoms in total. The molecule has 0 unspecified atom stereocenters. The third kappa shape index (κ3) is 10.4. The van der Waals surface area contributed by atoms with Gasteiger partial charge in [0.25, 0.3) is 0 Å². The van der Waals surface area contributed by atoms with E-state index < -0.39 is 10.8 Å². The second-order valence-electron chi connectivity index (χ2n) is 2.20. The molecule has 0 saturated heterocycles. The Bertz CT molecular complexity index is 248. The number of aliphatic carboxylic acids is 1. The van der Waals surface area contributed by atoms with Gasteiger partial charge in [-0.1, -0.05) is 30.3 Å². The standard InChI is InChI=1S/C7H6Cl2.C2H4O2.Na/c8-7(9)6-4-2-1-3-5-6;1-2(3)4;/h1-5,7H;1H3,(H,3,4);/q;;+1/p-1. The van der Waals surface area contributed by atoms with Crippen LogP contribution < -0.4 is 34.7 Å². The van der Waals surface area contributed by atoms with Crippen molar-refractivity contribution in [2.75, 3.05) is 0 Å². The van der Waals surface area contributed by atoms with E-state index in [2.05, 4.69) is 0 Å². The van der Waals surface area contributed by atoms with Crippen LogP contribution >= 0.6 is 23.2 Å². The first-order chi connectivity index (χ1) is 6.04. The summed E-state index contributed by atoms with van der Waals surface area (Å²) in [6, 6.07) is 9.54. The summed E-state index contributed by atoms with van der Waals surface area (Å²) in [6.07, 6.45) is 0. The SMILES string of the molecule is CC(=O)[O-].ClC(Cl)c1ccccc1.[Na+].